The Morgan fingerprint density at radius 3 is 1.62 bits per heavy atom. The molecule has 0 rings (SSSR count). The van der Waals surface area contributed by atoms with Crippen molar-refractivity contribution in [2.24, 2.45) is 0 Å². The quantitative estimate of drug-likeness (QED) is 0.362. The van der Waals surface area contributed by atoms with E-state index in [0.29, 0.717) is 13.1 Å². The number of carbonyl (C=O) groups excluding carboxylic acids is 1. The van der Waals surface area contributed by atoms with Gasteiger partial charge < -0.3 is 29.2 Å². The van der Waals surface area contributed by atoms with Crippen molar-refractivity contribution in [3.8, 4) is 0 Å². The number of aliphatic carboxylic acids is 1. The van der Waals surface area contributed by atoms with Gasteiger partial charge in [0.05, 0.1) is 11.8 Å². The fraction of sp³-hybridized carbons (Fsp3) is 0.882. The summed E-state index contributed by atoms with van der Waals surface area (Å²) in [5.41, 5.74) is -0.520. The molecule has 2 N–H and O–H groups in total. The van der Waals surface area contributed by atoms with Gasteiger partial charge in [0.2, 0.25) is 0 Å². The summed E-state index contributed by atoms with van der Waals surface area (Å²) in [6.45, 7) is 7.85. The van der Waals surface area contributed by atoms with Gasteiger partial charge in [-0.1, -0.05) is 0 Å². The monoisotopic (exact) mass is 544 g/mol. The van der Waals surface area contributed by atoms with E-state index in [2.05, 4.69) is 5.32 Å². The Kier molecular flexibility index (Phi) is 20.7. The first-order valence-corrected chi connectivity index (χ1v) is 12.1. The molecule has 1 amide bonds. The van der Waals surface area contributed by atoms with Crippen molar-refractivity contribution >= 4 is 34.2 Å². The topological polar surface area (TPSA) is 166 Å². The summed E-state index contributed by atoms with van der Waals surface area (Å²) in [4.78, 5) is 25.2. The number of halogens is 3. The summed E-state index contributed by atoms with van der Waals surface area (Å²) >= 11 is -4.05. The van der Waals surface area contributed by atoms with Crippen LogP contribution in [0.3, 0.4) is 0 Å². The zero-order valence-corrected chi connectivity index (χ0v) is 22.0. The molecule has 0 fully saturated rings. The molecule has 2 atom stereocenters. The van der Waals surface area contributed by atoms with Crippen molar-refractivity contribution in [1.82, 2.24) is 20.0 Å². The molecule has 0 aromatic carbocycles. The fourth-order valence-electron chi connectivity index (χ4n) is 1.54. The lowest BCUT2D eigenvalue weighted by molar-refractivity contribution is -0.192. The number of hydrogen-bond acceptors (Lipinski definition) is 10. The van der Waals surface area contributed by atoms with E-state index in [9.17, 15) is 35.5 Å². The zero-order chi connectivity index (χ0) is 27.7. The number of amides is 1. The number of alkyl halides is 3. The summed E-state index contributed by atoms with van der Waals surface area (Å²) in [7, 11) is 6.91. The van der Waals surface area contributed by atoms with Crippen molar-refractivity contribution in [1.29, 1.82) is 0 Å². The zero-order valence-electron chi connectivity index (χ0n) is 20.3. The van der Waals surface area contributed by atoms with Gasteiger partial charge in [0, 0.05) is 33.2 Å². The summed E-state index contributed by atoms with van der Waals surface area (Å²) in [6, 6.07) is 0. The number of hydrogen-bond donors (Lipinski definition) is 2. The summed E-state index contributed by atoms with van der Waals surface area (Å²) < 4.78 is 78.0. The second-order valence-corrected chi connectivity index (χ2v) is 9.56. The number of likely N-dealkylation sites (N-methyl/N-ethyl adjacent to an activating group) is 4. The second-order valence-electron chi connectivity index (χ2n) is 7.83. The number of carbonyl (C=O) groups is 2. The molecule has 17 heteroatoms. The summed E-state index contributed by atoms with van der Waals surface area (Å²) in [5, 5.41) is 10.1. The average molecular weight is 545 g/mol. The van der Waals surface area contributed by atoms with Gasteiger partial charge >= 0.3 is 18.2 Å². The van der Waals surface area contributed by atoms with Gasteiger partial charge in [-0.25, -0.2) is 9.59 Å². The van der Waals surface area contributed by atoms with Crippen LogP contribution in [0.5, 0.6) is 0 Å². The van der Waals surface area contributed by atoms with Crippen molar-refractivity contribution < 1.29 is 50.1 Å². The third-order valence-corrected chi connectivity index (χ3v) is 4.46. The molecule has 34 heavy (non-hydrogen) atoms. The SMILES string of the molecule is CN(CCN(C)C(=O)OC(C)(C)C)CS(=O)[O-].CNCCN(C)CS(=O)[O-].O=C(O)C(F)(F)F. The van der Waals surface area contributed by atoms with E-state index in [0.717, 1.165) is 13.1 Å². The maximum Gasteiger partial charge on any atom is 0.490 e. The number of rotatable bonds is 10. The molecule has 0 saturated carbocycles. The molecule has 0 saturated heterocycles. The molecule has 0 spiro atoms. The molecule has 0 aliphatic heterocycles. The molecule has 0 heterocycles. The van der Waals surface area contributed by atoms with E-state index in [4.69, 9.17) is 14.6 Å². The van der Waals surface area contributed by atoms with E-state index in [1.165, 1.54) is 4.90 Å². The van der Waals surface area contributed by atoms with Crippen molar-refractivity contribution in [3.05, 3.63) is 0 Å². The lowest BCUT2D eigenvalue weighted by Crippen LogP contribution is -2.39. The Morgan fingerprint density at radius 1 is 0.941 bits per heavy atom. The van der Waals surface area contributed by atoms with Gasteiger partial charge in [-0.2, -0.15) is 13.2 Å². The predicted molar refractivity (Wildman–Crippen MR) is 119 cm³/mol. The van der Waals surface area contributed by atoms with E-state index < -0.39 is 46.0 Å². The van der Waals surface area contributed by atoms with Gasteiger partial charge in [-0.3, -0.25) is 18.2 Å². The first-order valence-electron chi connectivity index (χ1n) is 9.60. The minimum atomic E-state index is -5.08. The third kappa shape index (κ3) is 28.7. The van der Waals surface area contributed by atoms with Crippen LogP contribution in [0.1, 0.15) is 20.8 Å². The first kappa shape index (κ1) is 37.2. The Morgan fingerprint density at radius 2 is 1.32 bits per heavy atom. The minimum Gasteiger partial charge on any atom is -0.771 e. The Balaban J connectivity index is -0.000000477. The highest BCUT2D eigenvalue weighted by atomic mass is 32.2. The van der Waals surface area contributed by atoms with Crippen LogP contribution in [0.2, 0.25) is 0 Å². The number of ether oxygens (including phenoxy) is 1. The highest BCUT2D eigenvalue weighted by Gasteiger charge is 2.38. The molecule has 2 unspecified atom stereocenters. The van der Waals surface area contributed by atoms with E-state index in [1.54, 1.807) is 51.7 Å². The molecule has 0 aromatic rings. The van der Waals surface area contributed by atoms with Crippen LogP contribution in [-0.4, -0.2) is 127 Å². The van der Waals surface area contributed by atoms with Crippen LogP contribution < -0.4 is 5.32 Å². The molecule has 12 nitrogen and oxygen atoms in total. The number of carboxylic acid groups (broad SMARTS) is 1. The van der Waals surface area contributed by atoms with Gasteiger partial charge in [0.15, 0.2) is 0 Å². The van der Waals surface area contributed by atoms with Crippen LogP contribution in [0.4, 0.5) is 18.0 Å². The van der Waals surface area contributed by atoms with E-state index >= 15 is 0 Å². The van der Waals surface area contributed by atoms with Gasteiger partial charge in [-0.15, -0.1) is 0 Å². The largest absolute Gasteiger partial charge is 0.771 e. The Hall–Kier alpha value is -1.37. The smallest absolute Gasteiger partial charge is 0.490 e. The minimum absolute atomic E-state index is 0.0395. The van der Waals surface area contributed by atoms with Crippen molar-refractivity contribution in [2.45, 2.75) is 32.5 Å². The molecule has 0 bridgehead atoms. The molecule has 0 aliphatic rings. The number of nitrogens with one attached hydrogen (secondary N) is 1. The second kappa shape index (κ2) is 18.9. The van der Waals surface area contributed by atoms with Gasteiger partial charge in [0.25, 0.3) is 0 Å². The van der Waals surface area contributed by atoms with Crippen LogP contribution in [0, 0.1) is 0 Å². The maximum absolute atomic E-state index is 11.6. The van der Waals surface area contributed by atoms with Gasteiger partial charge in [-0.05, 0) is 64.1 Å². The van der Waals surface area contributed by atoms with Crippen LogP contribution in [0.25, 0.3) is 0 Å². The average Bonchev–Trinajstić information content (AvgIpc) is 2.62. The lowest BCUT2D eigenvalue weighted by Gasteiger charge is -2.26. The Bertz CT molecular complexity index is 637. The standard InChI is InChI=1S/C10H22N2O4S.C5H14N2O2S.C2HF3O2/c1-10(2,3)16-9(13)12(5)7-6-11(4)8-17(14)15;1-6-3-4-7(2)5-10(8)9;3-2(4,5)1(6)7/h6-8H2,1-5H3,(H,14,15);6H,3-5H2,1-2H3,(H,8,9);(H,6,7)/p-2. The highest BCUT2D eigenvalue weighted by molar-refractivity contribution is 7.79. The first-order chi connectivity index (χ1) is 15.2. The van der Waals surface area contributed by atoms with E-state index in [1.807, 2.05) is 7.05 Å². The predicted octanol–water partition coefficient (Wildman–Crippen LogP) is 0.229. The molecular weight excluding hydrogens is 509 g/mol. The molecular formula is C17H35F3N4O8S2-2. The number of nitrogens with zero attached hydrogens (tertiary/aromatic N) is 3. The third-order valence-electron chi connectivity index (χ3n) is 3.16. The highest BCUT2D eigenvalue weighted by Crippen LogP contribution is 2.13. The Labute approximate surface area is 203 Å². The van der Waals surface area contributed by atoms with Crippen molar-refractivity contribution in [3.63, 3.8) is 0 Å². The normalized spacial score (nSPS) is 13.2. The molecule has 206 valence electrons. The molecule has 0 aromatic heterocycles. The summed E-state index contributed by atoms with van der Waals surface area (Å²) in [5.74, 6) is -2.68. The van der Waals surface area contributed by atoms with E-state index in [-0.39, 0.29) is 11.8 Å². The lowest BCUT2D eigenvalue weighted by atomic mass is 10.2. The fourth-order valence-corrected chi connectivity index (χ4v) is 2.52. The number of carboxylic acids is 1. The van der Waals surface area contributed by atoms with Gasteiger partial charge in [0.1, 0.15) is 5.60 Å². The van der Waals surface area contributed by atoms with Crippen LogP contribution >= 0.6 is 0 Å². The van der Waals surface area contributed by atoms with Crippen LogP contribution in [-0.2, 0) is 31.7 Å². The molecule has 0 radical (unpaired) electrons. The molecule has 0 aliphatic carbocycles. The van der Waals surface area contributed by atoms with Crippen LogP contribution in [0.15, 0.2) is 0 Å². The summed E-state index contributed by atoms with van der Waals surface area (Å²) in [6.07, 6.45) is -5.49. The van der Waals surface area contributed by atoms with Crippen molar-refractivity contribution in [2.75, 3.05) is 66.1 Å². The maximum atomic E-state index is 11.6.